The molecule has 0 unspecified atom stereocenters. The number of hydrogen-bond donors (Lipinski definition) is 1. The number of aromatic nitrogens is 1. The number of carbonyl (C=O) groups excluding carboxylic acids is 2. The average Bonchev–Trinajstić information content (AvgIpc) is 3.19. The Morgan fingerprint density at radius 3 is 2.74 bits per heavy atom. The summed E-state index contributed by atoms with van der Waals surface area (Å²) in [6, 6.07) is -0.384. The summed E-state index contributed by atoms with van der Waals surface area (Å²) in [5.74, 6) is 0.559. The van der Waals surface area contributed by atoms with Gasteiger partial charge in [0, 0.05) is 31.4 Å². The summed E-state index contributed by atoms with van der Waals surface area (Å²) in [6.07, 6.45) is 5.72. The van der Waals surface area contributed by atoms with Crippen LogP contribution in [-0.2, 0) is 9.59 Å². The monoisotopic (exact) mass is 336 g/mol. The maximum Gasteiger partial charge on any atom is 0.248 e. The Balaban J connectivity index is 1.62. The van der Waals surface area contributed by atoms with Crippen LogP contribution in [0.2, 0.25) is 0 Å². The smallest absolute Gasteiger partial charge is 0.248 e. The van der Waals surface area contributed by atoms with E-state index in [1.165, 1.54) is 19.3 Å². The molecule has 2 saturated heterocycles. The molecule has 0 aliphatic carbocycles. The molecular weight excluding hydrogens is 312 g/mol. The zero-order chi connectivity index (χ0) is 16.2. The standard InChI is InChI=1S/C16H24N4O2S/c1-2-12(20-10-6-7-14(20)21)15(22)17-13-11-23-16(18-13)19-8-4-3-5-9-19/h11-12H,2-10H2,1H3,(H,17,22)/t12-/m1/s1. The van der Waals surface area contributed by atoms with Gasteiger partial charge in [0.15, 0.2) is 5.13 Å². The van der Waals surface area contributed by atoms with Crippen LogP contribution in [0, 0.1) is 0 Å². The van der Waals surface area contributed by atoms with Crippen molar-refractivity contribution in [3.8, 4) is 0 Å². The Morgan fingerprint density at radius 2 is 2.09 bits per heavy atom. The zero-order valence-electron chi connectivity index (χ0n) is 13.6. The molecule has 126 valence electrons. The van der Waals surface area contributed by atoms with Crippen molar-refractivity contribution in [2.75, 3.05) is 29.9 Å². The van der Waals surface area contributed by atoms with Gasteiger partial charge >= 0.3 is 0 Å². The Hall–Kier alpha value is -1.63. The highest BCUT2D eigenvalue weighted by Crippen LogP contribution is 2.26. The highest BCUT2D eigenvalue weighted by atomic mass is 32.1. The van der Waals surface area contributed by atoms with Crippen LogP contribution in [0.25, 0.3) is 0 Å². The molecule has 0 spiro atoms. The second-order valence-electron chi connectivity index (χ2n) is 6.17. The summed E-state index contributed by atoms with van der Waals surface area (Å²) in [4.78, 5) is 32.9. The van der Waals surface area contributed by atoms with E-state index >= 15 is 0 Å². The van der Waals surface area contributed by atoms with Gasteiger partial charge in [0.25, 0.3) is 0 Å². The minimum absolute atomic E-state index is 0.0827. The molecule has 1 aromatic heterocycles. The van der Waals surface area contributed by atoms with E-state index in [0.717, 1.165) is 24.6 Å². The van der Waals surface area contributed by atoms with Gasteiger partial charge in [-0.05, 0) is 32.1 Å². The van der Waals surface area contributed by atoms with Gasteiger partial charge in [0.05, 0.1) is 0 Å². The van der Waals surface area contributed by atoms with Gasteiger partial charge in [-0.2, -0.15) is 0 Å². The van der Waals surface area contributed by atoms with Crippen molar-refractivity contribution in [1.29, 1.82) is 0 Å². The second-order valence-corrected chi connectivity index (χ2v) is 7.00. The van der Waals surface area contributed by atoms with E-state index in [4.69, 9.17) is 0 Å². The molecule has 0 radical (unpaired) electrons. The summed E-state index contributed by atoms with van der Waals surface area (Å²) in [5.41, 5.74) is 0. The molecule has 0 aromatic carbocycles. The second kappa shape index (κ2) is 7.29. The predicted molar refractivity (Wildman–Crippen MR) is 91.8 cm³/mol. The lowest BCUT2D eigenvalue weighted by atomic mass is 10.1. The van der Waals surface area contributed by atoms with Crippen LogP contribution in [0.4, 0.5) is 10.9 Å². The van der Waals surface area contributed by atoms with E-state index in [1.54, 1.807) is 16.2 Å². The fourth-order valence-electron chi connectivity index (χ4n) is 3.31. The number of likely N-dealkylation sites (tertiary alicyclic amines) is 1. The van der Waals surface area contributed by atoms with Crippen LogP contribution in [0.3, 0.4) is 0 Å². The van der Waals surface area contributed by atoms with Gasteiger partial charge < -0.3 is 15.1 Å². The number of nitrogens with zero attached hydrogens (tertiary/aromatic N) is 3. The molecule has 0 saturated carbocycles. The van der Waals surface area contributed by atoms with Crippen molar-refractivity contribution in [3.63, 3.8) is 0 Å². The van der Waals surface area contributed by atoms with Gasteiger partial charge in [-0.3, -0.25) is 9.59 Å². The molecule has 1 N–H and O–H groups in total. The van der Waals surface area contributed by atoms with Crippen LogP contribution in [0.1, 0.15) is 45.4 Å². The predicted octanol–water partition coefficient (Wildman–Crippen LogP) is 2.47. The number of hydrogen-bond acceptors (Lipinski definition) is 5. The van der Waals surface area contributed by atoms with Gasteiger partial charge in [0.1, 0.15) is 11.9 Å². The molecule has 3 rings (SSSR count). The third kappa shape index (κ3) is 3.65. The summed E-state index contributed by atoms with van der Waals surface area (Å²) in [5, 5.41) is 5.76. The van der Waals surface area contributed by atoms with E-state index < -0.39 is 0 Å². The SMILES string of the molecule is CC[C@H](C(=O)Nc1csc(N2CCCCC2)n1)N1CCCC1=O. The first-order valence-corrected chi connectivity index (χ1v) is 9.38. The van der Waals surface area contributed by atoms with Crippen LogP contribution < -0.4 is 10.2 Å². The van der Waals surface area contributed by atoms with Crippen molar-refractivity contribution < 1.29 is 9.59 Å². The lowest BCUT2D eigenvalue weighted by molar-refractivity contribution is -0.135. The molecule has 6 nitrogen and oxygen atoms in total. The zero-order valence-corrected chi connectivity index (χ0v) is 14.4. The van der Waals surface area contributed by atoms with E-state index in [9.17, 15) is 9.59 Å². The number of rotatable bonds is 5. The van der Waals surface area contributed by atoms with Gasteiger partial charge in [-0.15, -0.1) is 11.3 Å². The minimum atomic E-state index is -0.384. The van der Waals surface area contributed by atoms with Crippen molar-refractivity contribution >= 4 is 34.1 Å². The first-order valence-electron chi connectivity index (χ1n) is 8.50. The van der Waals surface area contributed by atoms with Crippen LogP contribution in [0.5, 0.6) is 0 Å². The highest BCUT2D eigenvalue weighted by Gasteiger charge is 2.31. The summed E-state index contributed by atoms with van der Waals surface area (Å²) in [7, 11) is 0. The molecule has 3 heterocycles. The Kier molecular flexibility index (Phi) is 5.15. The van der Waals surface area contributed by atoms with Crippen LogP contribution in [0.15, 0.2) is 5.38 Å². The summed E-state index contributed by atoms with van der Waals surface area (Å²) in [6.45, 7) is 4.71. The number of nitrogens with one attached hydrogen (secondary N) is 1. The van der Waals surface area contributed by atoms with Crippen molar-refractivity contribution in [2.45, 2.75) is 51.5 Å². The lowest BCUT2D eigenvalue weighted by Crippen LogP contribution is -2.44. The first-order chi connectivity index (χ1) is 11.2. The van der Waals surface area contributed by atoms with Crippen LogP contribution >= 0.6 is 11.3 Å². The molecule has 2 aliphatic rings. The van der Waals surface area contributed by atoms with Gasteiger partial charge in [-0.25, -0.2) is 4.98 Å². The van der Waals surface area contributed by atoms with Gasteiger partial charge in [-0.1, -0.05) is 6.92 Å². The van der Waals surface area contributed by atoms with Gasteiger partial charge in [0.2, 0.25) is 11.8 Å². The van der Waals surface area contributed by atoms with E-state index in [1.807, 2.05) is 12.3 Å². The average molecular weight is 336 g/mol. The van der Waals surface area contributed by atoms with Crippen molar-refractivity contribution in [2.24, 2.45) is 0 Å². The normalized spacial score (nSPS) is 20.0. The number of anilines is 2. The molecule has 2 fully saturated rings. The Bertz CT molecular complexity index is 568. The van der Waals surface area contributed by atoms with E-state index in [2.05, 4.69) is 15.2 Å². The highest BCUT2D eigenvalue weighted by molar-refractivity contribution is 7.14. The fourth-order valence-corrected chi connectivity index (χ4v) is 4.12. The van der Waals surface area contributed by atoms with Crippen molar-refractivity contribution in [1.82, 2.24) is 9.88 Å². The molecule has 23 heavy (non-hydrogen) atoms. The van der Waals surface area contributed by atoms with E-state index in [-0.39, 0.29) is 17.9 Å². The Labute approximate surface area is 140 Å². The molecule has 1 aromatic rings. The lowest BCUT2D eigenvalue weighted by Gasteiger charge is -2.26. The van der Waals surface area contributed by atoms with Crippen LogP contribution in [-0.4, -0.2) is 47.4 Å². The topological polar surface area (TPSA) is 65.5 Å². The molecule has 2 aliphatic heterocycles. The maximum atomic E-state index is 12.5. The third-order valence-corrected chi connectivity index (χ3v) is 5.45. The number of amides is 2. The third-order valence-electron chi connectivity index (χ3n) is 4.55. The number of piperidine rings is 1. The molecule has 7 heteroatoms. The van der Waals surface area contributed by atoms with Crippen molar-refractivity contribution in [3.05, 3.63) is 5.38 Å². The fraction of sp³-hybridized carbons (Fsp3) is 0.688. The van der Waals surface area contributed by atoms with E-state index in [0.29, 0.717) is 25.2 Å². The number of carbonyl (C=O) groups is 2. The minimum Gasteiger partial charge on any atom is -0.348 e. The quantitative estimate of drug-likeness (QED) is 0.897. The summed E-state index contributed by atoms with van der Waals surface area (Å²) < 4.78 is 0. The summed E-state index contributed by atoms with van der Waals surface area (Å²) >= 11 is 1.57. The maximum absolute atomic E-state index is 12.5. The molecular formula is C16H24N4O2S. The number of thiazole rings is 1. The molecule has 0 bridgehead atoms. The largest absolute Gasteiger partial charge is 0.348 e. The first kappa shape index (κ1) is 16.2. The molecule has 2 amide bonds. The molecule has 1 atom stereocenters. The Morgan fingerprint density at radius 1 is 1.30 bits per heavy atom.